The van der Waals surface area contributed by atoms with Crippen molar-refractivity contribution in [2.75, 3.05) is 21.3 Å². The third-order valence-electron chi connectivity index (χ3n) is 20.4. The number of nitrogens with one attached hydrogen (secondary N) is 8. The van der Waals surface area contributed by atoms with E-state index in [-0.39, 0.29) is 43.7 Å². The Balaban J connectivity index is 0.000000125. The van der Waals surface area contributed by atoms with Crippen LogP contribution in [0, 0.1) is 29.1 Å². The second-order valence-corrected chi connectivity index (χ2v) is 30.0. The van der Waals surface area contributed by atoms with Gasteiger partial charge in [-0.2, -0.15) is 0 Å². The molecule has 0 saturated carbocycles. The van der Waals surface area contributed by atoms with Gasteiger partial charge < -0.3 is 60.2 Å². The Kier molecular flexibility index (Phi) is 26.1. The maximum absolute atomic E-state index is 14.9. The Labute approximate surface area is 767 Å². The van der Waals surface area contributed by atoms with Crippen LogP contribution in [-0.2, 0) is 0 Å². The number of carbonyl (C=O) groups is 4. The first-order chi connectivity index (χ1) is 65.6. The molecule has 0 spiro atoms. The standard InChI is InChI=1S/C25H15ClF2N4O3.C25H16ClFN4O3.2C25H17FN4O3/c26-19-12-16(35-21-8-10-30-23-17(21)7-9-29-23)13-20(28)22(19)31-24(33)18-2-1-11-32(25(18)34)15-5-3-14(27)4-6-15;26-20-14-17(34-22-10-12-29-23-18(22)9-11-28-23)7-8-21(20)30-24(32)19-2-1-13-31(25(19)33)16-5-3-15(27)4-6-16;2*26-16-3-7-18(8-4-16)30-15-1-2-21(25(30)32)24(31)29-17-5-9-19(10-6-17)33-22-12-14-28-23-20(22)11-13-27-23/h1-13H,(H,29,30)(H,31,33);1-14H,(H,28,29)(H,30,32);2*1-15H,(H,27,28)(H,29,31). The van der Waals surface area contributed by atoms with Crippen LogP contribution < -0.4 is 62.5 Å². The highest BCUT2D eigenvalue weighted by atomic mass is 35.5. The van der Waals surface area contributed by atoms with Crippen LogP contribution in [0.2, 0.25) is 10.0 Å². The zero-order valence-electron chi connectivity index (χ0n) is 69.5. The molecule has 0 bridgehead atoms. The van der Waals surface area contributed by atoms with Crippen LogP contribution in [0.5, 0.6) is 46.0 Å². The number of rotatable bonds is 20. The molecule has 0 atom stereocenters. The first kappa shape index (κ1) is 88.6. The maximum Gasteiger partial charge on any atom is 0.267 e. The summed E-state index contributed by atoms with van der Waals surface area (Å²) in [5.74, 6) is -1.03. The molecule has 12 heterocycles. The van der Waals surface area contributed by atoms with Gasteiger partial charge >= 0.3 is 0 Å². The molecule has 0 fully saturated rings. The van der Waals surface area contributed by atoms with Crippen molar-refractivity contribution in [3.05, 3.63) is 450 Å². The van der Waals surface area contributed by atoms with E-state index in [1.165, 1.54) is 177 Å². The number of fused-ring (bicyclic) bond motifs is 4. The average Bonchev–Trinajstić information content (AvgIpc) is 1.48. The Bertz CT molecular complexity index is 7860. The van der Waals surface area contributed by atoms with Gasteiger partial charge in [-0.3, -0.25) is 56.6 Å². The molecule has 8 aromatic carbocycles. The molecular weight excluding hydrogens is 1780 g/mol. The zero-order valence-corrected chi connectivity index (χ0v) is 71.0. The van der Waals surface area contributed by atoms with E-state index in [4.69, 9.17) is 42.1 Å². The molecule has 4 amide bonds. The van der Waals surface area contributed by atoms with Gasteiger partial charge in [-0.1, -0.05) is 23.2 Å². The van der Waals surface area contributed by atoms with Gasteiger partial charge in [0, 0.05) is 127 Å². The second kappa shape index (κ2) is 39.7. The minimum Gasteiger partial charge on any atom is -0.457 e. The van der Waals surface area contributed by atoms with E-state index >= 15 is 0 Å². The quantitative estimate of drug-likeness (QED) is 0.0329. The van der Waals surface area contributed by atoms with Crippen LogP contribution in [0.25, 0.3) is 66.9 Å². The van der Waals surface area contributed by atoms with E-state index in [0.717, 1.165) is 33.5 Å². The molecule has 135 heavy (non-hydrogen) atoms. The molecule has 28 nitrogen and oxygen atoms in total. The number of benzene rings is 8. The highest BCUT2D eigenvalue weighted by molar-refractivity contribution is 6.34. The first-order valence-corrected chi connectivity index (χ1v) is 41.4. The number of ether oxygens (including phenoxy) is 4. The summed E-state index contributed by atoms with van der Waals surface area (Å²) in [6, 6.07) is 68.5. The molecule has 12 aromatic heterocycles. The number of hydrogen-bond acceptors (Lipinski definition) is 16. The maximum atomic E-state index is 14.9. The molecule has 0 radical (unpaired) electrons. The van der Waals surface area contributed by atoms with Gasteiger partial charge in [0.1, 0.15) is 114 Å². The van der Waals surface area contributed by atoms with Crippen LogP contribution in [0.4, 0.5) is 44.7 Å². The van der Waals surface area contributed by atoms with Gasteiger partial charge in [-0.15, -0.1) is 0 Å². The highest BCUT2D eigenvalue weighted by Gasteiger charge is 2.23. The van der Waals surface area contributed by atoms with Crippen molar-refractivity contribution >= 4 is 114 Å². The number of nitrogens with zero attached hydrogens (tertiary/aromatic N) is 8. The van der Waals surface area contributed by atoms with Crippen LogP contribution in [0.1, 0.15) is 41.4 Å². The van der Waals surface area contributed by atoms with Crippen molar-refractivity contribution < 1.29 is 60.1 Å². The van der Waals surface area contributed by atoms with E-state index in [1.807, 2.05) is 18.2 Å². The molecule has 0 saturated heterocycles. The van der Waals surface area contributed by atoms with E-state index in [0.29, 0.717) is 96.7 Å². The number of hydrogen-bond donors (Lipinski definition) is 8. The fourth-order valence-corrected chi connectivity index (χ4v) is 14.3. The summed E-state index contributed by atoms with van der Waals surface area (Å²) in [5.41, 5.74) is 2.88. The number of amides is 4. The van der Waals surface area contributed by atoms with Gasteiger partial charge in [0.25, 0.3) is 45.9 Å². The molecular formula is C100H65Cl2F5N16O12. The van der Waals surface area contributed by atoms with Crippen LogP contribution in [-0.4, -0.2) is 81.8 Å². The highest BCUT2D eigenvalue weighted by Crippen LogP contribution is 2.38. The summed E-state index contributed by atoms with van der Waals surface area (Å²) in [6.45, 7) is 0. The largest absolute Gasteiger partial charge is 0.457 e. The molecule has 20 aromatic rings. The minimum absolute atomic E-state index is 0.0335. The normalized spacial score (nSPS) is 10.9. The lowest BCUT2D eigenvalue weighted by Crippen LogP contribution is -2.28. The van der Waals surface area contributed by atoms with E-state index in [2.05, 4.69) is 61.1 Å². The lowest BCUT2D eigenvalue weighted by molar-refractivity contribution is 0.101. The molecule has 666 valence electrons. The van der Waals surface area contributed by atoms with Crippen molar-refractivity contribution in [3.8, 4) is 68.7 Å². The predicted octanol–water partition coefficient (Wildman–Crippen LogP) is 21.0. The Morgan fingerprint density at radius 3 is 0.889 bits per heavy atom. The number of carbonyl (C=O) groups excluding carboxylic acids is 4. The molecule has 0 aliphatic heterocycles. The summed E-state index contributed by atoms with van der Waals surface area (Å²) in [4.78, 5) is 131. The van der Waals surface area contributed by atoms with Gasteiger partial charge in [0.2, 0.25) is 0 Å². The second-order valence-electron chi connectivity index (χ2n) is 29.2. The first-order valence-electron chi connectivity index (χ1n) is 40.6. The molecule has 8 N–H and O–H groups in total. The zero-order chi connectivity index (χ0) is 93.8. The third-order valence-corrected chi connectivity index (χ3v) is 21.1. The Hall–Kier alpha value is -18.4. The molecule has 0 unspecified atom stereocenters. The van der Waals surface area contributed by atoms with Gasteiger partial charge in [0.15, 0.2) is 5.82 Å². The minimum atomic E-state index is -0.857. The van der Waals surface area contributed by atoms with Gasteiger partial charge in [0.05, 0.1) is 43.0 Å². The summed E-state index contributed by atoms with van der Waals surface area (Å²) >= 11 is 12.6. The molecule has 20 rings (SSSR count). The van der Waals surface area contributed by atoms with Crippen molar-refractivity contribution in [3.63, 3.8) is 0 Å². The van der Waals surface area contributed by atoms with E-state index in [9.17, 15) is 60.3 Å². The summed E-state index contributed by atoms with van der Waals surface area (Å²) in [5, 5.41) is 13.8. The van der Waals surface area contributed by atoms with Crippen LogP contribution in [0.15, 0.2) is 367 Å². The number of H-pyrrole nitrogens is 4. The van der Waals surface area contributed by atoms with Crippen LogP contribution >= 0.6 is 23.2 Å². The fourth-order valence-electron chi connectivity index (χ4n) is 13.9. The average molecular weight is 1850 g/mol. The number of pyridine rings is 8. The summed E-state index contributed by atoms with van der Waals surface area (Å²) < 4.78 is 96.3. The van der Waals surface area contributed by atoms with E-state index < -0.39 is 75.0 Å². The van der Waals surface area contributed by atoms with Crippen molar-refractivity contribution in [2.24, 2.45) is 0 Å². The fraction of sp³-hybridized carbons (Fsp3) is 0. The smallest absolute Gasteiger partial charge is 0.267 e. The molecule has 0 aliphatic rings. The lowest BCUT2D eigenvalue weighted by Gasteiger charge is -2.13. The SMILES string of the molecule is O=C(Nc1c(F)cc(Oc2ccnc3[nH]ccc23)cc1Cl)c1cccn(-c2ccc(F)cc2)c1=O.O=C(Nc1ccc(Oc2ccnc3[nH]ccc23)cc1)c1cccn(-c2ccc(F)cc2)c1=O.O=C(Nc1ccc(Oc2ccnc3[nH]ccc23)cc1)c1cccn(-c2ccc(F)cc2)c1=O.O=C(Nc1ccc(Oc2ccnc3[nH]ccc23)cc1Cl)c1cccn(-c2ccc(F)cc2)c1=O. The topological polar surface area (TPSA) is 356 Å². The summed E-state index contributed by atoms with van der Waals surface area (Å²) in [7, 11) is 0. The molecule has 0 aliphatic carbocycles. The number of aromatic nitrogens is 12. The van der Waals surface area contributed by atoms with Crippen molar-refractivity contribution in [1.29, 1.82) is 0 Å². The predicted molar refractivity (Wildman–Crippen MR) is 500 cm³/mol. The number of halogens is 7. The Morgan fingerprint density at radius 1 is 0.296 bits per heavy atom. The van der Waals surface area contributed by atoms with Crippen molar-refractivity contribution in [2.45, 2.75) is 0 Å². The Morgan fingerprint density at radius 2 is 0.578 bits per heavy atom. The number of anilines is 4. The lowest BCUT2D eigenvalue weighted by atomic mass is 10.2. The monoisotopic (exact) mass is 1850 g/mol. The van der Waals surface area contributed by atoms with Gasteiger partial charge in [-0.25, -0.2) is 41.9 Å². The third kappa shape index (κ3) is 20.4. The van der Waals surface area contributed by atoms with Gasteiger partial charge in [-0.05, 0) is 255 Å². The molecule has 35 heteroatoms. The summed E-state index contributed by atoms with van der Waals surface area (Å²) in [6.07, 6.45) is 19.5. The van der Waals surface area contributed by atoms with E-state index in [1.54, 1.807) is 165 Å². The number of aromatic amines is 4. The van der Waals surface area contributed by atoms with Crippen LogP contribution in [0.3, 0.4) is 0 Å². The van der Waals surface area contributed by atoms with Crippen molar-refractivity contribution in [1.82, 2.24) is 58.1 Å².